The Morgan fingerprint density at radius 1 is 0.773 bits per heavy atom. The van der Waals surface area contributed by atoms with E-state index in [1.165, 1.54) is 29.0 Å². The summed E-state index contributed by atoms with van der Waals surface area (Å²) in [7, 11) is 5.37. The zero-order chi connectivity index (χ0) is 48.6. The van der Waals surface area contributed by atoms with Crippen molar-refractivity contribution in [2.24, 2.45) is 0 Å². The average Bonchev–Trinajstić information content (AvgIpc) is 3.55. The molecular weight excluding hydrogens is 867 g/mol. The first-order valence-electron chi connectivity index (χ1n) is 23.3. The van der Waals surface area contributed by atoms with Crippen LogP contribution >= 0.6 is 0 Å². The van der Waals surface area contributed by atoms with Gasteiger partial charge in [0, 0.05) is 47.2 Å². The monoisotopic (exact) mass is 939 g/mol. The summed E-state index contributed by atoms with van der Waals surface area (Å²) in [5.41, 5.74) is 11.9. The standard InChI is InChI=1S/C54H71N3O7S2/c1-53(2)47(43(17-13-33-56(5,6)7)45-28-26-41(35-49(45)53)65(11,60)61)30-22-38-15-12-16-39(52(38)55-40-24-19-37(20-25-40)21-32-51(58)59)23-31-48-44(18-14-34-57(8,9)10)46-29-27-42(66(62,63)64)36-50(46)54(48,3)4/h19-20,22-31,35-36,43,55H,12-18,21,32-34H2,1-11H3/p+2/b31-23+,38-22+,47-30-. The molecule has 3 aromatic carbocycles. The van der Waals surface area contributed by atoms with E-state index >= 15 is 0 Å². The number of aliphatic carboxylic acids is 1. The maximum absolute atomic E-state index is 12.8. The predicted octanol–water partition coefficient (Wildman–Crippen LogP) is 10.4. The number of hydrogen-bond acceptors (Lipinski definition) is 6. The molecule has 0 bridgehead atoms. The van der Waals surface area contributed by atoms with Crippen molar-refractivity contribution < 1.29 is 40.3 Å². The van der Waals surface area contributed by atoms with Crippen molar-refractivity contribution >= 4 is 37.2 Å². The Morgan fingerprint density at radius 2 is 1.41 bits per heavy atom. The smallest absolute Gasteiger partial charge is 0.303 e. The fourth-order valence-electron chi connectivity index (χ4n) is 10.2. The first-order chi connectivity index (χ1) is 30.6. The van der Waals surface area contributed by atoms with Gasteiger partial charge in [0.25, 0.3) is 10.1 Å². The molecule has 3 aromatic rings. The van der Waals surface area contributed by atoms with E-state index in [0.717, 1.165) is 117 Å². The van der Waals surface area contributed by atoms with E-state index in [4.69, 9.17) is 0 Å². The largest absolute Gasteiger partial charge is 0.481 e. The highest BCUT2D eigenvalue weighted by Gasteiger charge is 2.42. The number of carboxylic acids is 1. The number of hydrogen-bond donors (Lipinski definition) is 3. The number of allylic oxidation sites excluding steroid dienone is 9. The number of aryl methyl sites for hydroxylation is 1. The summed E-state index contributed by atoms with van der Waals surface area (Å²) < 4.78 is 62.0. The Morgan fingerprint density at radius 3 is 2.03 bits per heavy atom. The van der Waals surface area contributed by atoms with Crippen molar-refractivity contribution in [3.05, 3.63) is 141 Å². The summed E-state index contributed by atoms with van der Waals surface area (Å²) in [6, 6.07) is 18.6. The molecule has 66 heavy (non-hydrogen) atoms. The summed E-state index contributed by atoms with van der Waals surface area (Å²) >= 11 is 0. The second kappa shape index (κ2) is 19.2. The molecule has 0 amide bonds. The molecule has 3 N–H and O–H groups in total. The number of anilines is 1. The lowest BCUT2D eigenvalue weighted by Gasteiger charge is -2.27. The molecule has 0 fully saturated rings. The highest BCUT2D eigenvalue weighted by molar-refractivity contribution is 7.90. The van der Waals surface area contributed by atoms with Gasteiger partial charge in [-0.1, -0.05) is 81.8 Å². The maximum Gasteiger partial charge on any atom is 0.303 e. The summed E-state index contributed by atoms with van der Waals surface area (Å²) in [6.07, 6.45) is 17.1. The van der Waals surface area contributed by atoms with Gasteiger partial charge in [-0.2, -0.15) is 8.42 Å². The number of benzene rings is 3. The average molecular weight is 940 g/mol. The van der Waals surface area contributed by atoms with Gasteiger partial charge >= 0.3 is 5.97 Å². The van der Waals surface area contributed by atoms with E-state index in [1.807, 2.05) is 42.5 Å². The van der Waals surface area contributed by atoms with Crippen molar-refractivity contribution in [1.29, 1.82) is 0 Å². The van der Waals surface area contributed by atoms with Gasteiger partial charge < -0.3 is 19.4 Å². The lowest BCUT2D eigenvalue weighted by molar-refractivity contribution is -0.870. The van der Waals surface area contributed by atoms with Crippen molar-refractivity contribution in [3.8, 4) is 0 Å². The quantitative estimate of drug-likeness (QED) is 0.0847. The first-order valence-corrected chi connectivity index (χ1v) is 26.6. The van der Waals surface area contributed by atoms with Crippen LogP contribution in [0, 0.1) is 0 Å². The van der Waals surface area contributed by atoms with Crippen molar-refractivity contribution in [3.63, 3.8) is 0 Å². The van der Waals surface area contributed by atoms with Gasteiger partial charge in [0.2, 0.25) is 0 Å². The molecule has 0 heterocycles. The van der Waals surface area contributed by atoms with Crippen molar-refractivity contribution in [2.75, 3.05) is 66.9 Å². The van der Waals surface area contributed by atoms with Crippen LogP contribution in [0.4, 0.5) is 5.69 Å². The Hall–Kier alpha value is -4.59. The van der Waals surface area contributed by atoms with Crippen LogP contribution in [-0.4, -0.2) is 103 Å². The molecule has 1 unspecified atom stereocenters. The van der Waals surface area contributed by atoms with Crippen LogP contribution in [0.5, 0.6) is 0 Å². The Labute approximate surface area is 395 Å². The zero-order valence-corrected chi connectivity index (χ0v) is 42.7. The number of sulfone groups is 1. The number of nitrogens with one attached hydrogen (secondary N) is 1. The molecule has 1 atom stereocenters. The minimum absolute atomic E-state index is 0.0606. The number of rotatable bonds is 18. The fourth-order valence-corrected chi connectivity index (χ4v) is 11.3. The van der Waals surface area contributed by atoms with E-state index in [9.17, 15) is 31.3 Å². The summed E-state index contributed by atoms with van der Waals surface area (Å²) in [5.74, 6) is -0.701. The SMILES string of the molecule is CC1(C)C(/C=C/C2=C(Nc3ccc(CCC(=O)O)cc3)C(=C/C=C3/C(CCC[N+](C)(C)C)c4ccc(S(C)(=O)=O)cc4C3(C)C)/CCC2)=C(CCC[N+](C)(C)C)c2ccc(S(=O)(=O)O)cc21. The number of nitrogens with zero attached hydrogens (tertiary/aromatic N) is 2. The lowest BCUT2D eigenvalue weighted by Crippen LogP contribution is -2.35. The summed E-state index contributed by atoms with van der Waals surface area (Å²) in [5, 5.41) is 13.1. The number of carboxylic acid groups (broad SMARTS) is 1. The predicted molar refractivity (Wildman–Crippen MR) is 268 cm³/mol. The molecule has 10 nitrogen and oxygen atoms in total. The van der Waals surface area contributed by atoms with Crippen LogP contribution in [0.1, 0.15) is 113 Å². The van der Waals surface area contributed by atoms with E-state index in [1.54, 1.807) is 12.1 Å². The van der Waals surface area contributed by atoms with E-state index in [-0.39, 0.29) is 17.2 Å². The third-order valence-corrected chi connectivity index (χ3v) is 15.7. The van der Waals surface area contributed by atoms with E-state index in [2.05, 4.69) is 99.6 Å². The number of fused-ring (bicyclic) bond motifs is 2. The minimum atomic E-state index is -4.40. The molecule has 0 saturated carbocycles. The second-order valence-corrected chi connectivity index (χ2v) is 25.2. The Kier molecular flexibility index (Phi) is 14.8. The Balaban J connectivity index is 1.48. The van der Waals surface area contributed by atoms with E-state index in [0.29, 0.717) is 11.3 Å². The first kappa shape index (κ1) is 50.8. The highest BCUT2D eigenvalue weighted by atomic mass is 32.2. The van der Waals surface area contributed by atoms with E-state index < -0.39 is 36.8 Å². The van der Waals surface area contributed by atoms with Gasteiger partial charge in [-0.25, -0.2) is 8.42 Å². The third-order valence-electron chi connectivity index (χ3n) is 13.8. The number of quaternary nitrogens is 2. The van der Waals surface area contributed by atoms with Crippen molar-refractivity contribution in [2.45, 2.75) is 112 Å². The number of carbonyl (C=O) groups is 1. The molecule has 3 aliphatic carbocycles. The van der Waals surface area contributed by atoms with Gasteiger partial charge in [0.15, 0.2) is 9.84 Å². The molecule has 6 rings (SSSR count). The molecular formula is C54H73N3O7S2+2. The molecule has 0 radical (unpaired) electrons. The van der Waals surface area contributed by atoms with Crippen LogP contribution in [0.3, 0.4) is 0 Å². The van der Waals surface area contributed by atoms with Crippen LogP contribution in [0.2, 0.25) is 0 Å². The zero-order valence-electron chi connectivity index (χ0n) is 41.1. The van der Waals surface area contributed by atoms with Gasteiger partial charge in [0.1, 0.15) is 0 Å². The van der Waals surface area contributed by atoms with Crippen LogP contribution < -0.4 is 5.32 Å². The van der Waals surface area contributed by atoms with Gasteiger partial charge in [-0.3, -0.25) is 9.35 Å². The Bertz CT molecular complexity index is 2740. The maximum atomic E-state index is 12.8. The molecule has 356 valence electrons. The highest BCUT2D eigenvalue weighted by Crippen LogP contribution is 2.53. The second-order valence-electron chi connectivity index (χ2n) is 21.8. The summed E-state index contributed by atoms with van der Waals surface area (Å²) in [6.45, 7) is 10.7. The summed E-state index contributed by atoms with van der Waals surface area (Å²) in [4.78, 5) is 11.6. The molecule has 3 aliphatic rings. The van der Waals surface area contributed by atoms with Crippen LogP contribution in [-0.2, 0) is 42.0 Å². The molecule has 0 aromatic heterocycles. The normalized spacial score (nSPS) is 19.8. The lowest BCUT2D eigenvalue weighted by atomic mass is 9.79. The topological polar surface area (TPSA) is 138 Å². The van der Waals surface area contributed by atoms with Gasteiger partial charge in [0.05, 0.1) is 65.2 Å². The molecule has 0 spiro atoms. The molecule has 0 saturated heterocycles. The fraction of sp³-hybridized carbons (Fsp3) is 0.463. The molecule has 12 heteroatoms. The van der Waals surface area contributed by atoms with Gasteiger partial charge in [-0.15, -0.1) is 0 Å². The van der Waals surface area contributed by atoms with Crippen molar-refractivity contribution in [1.82, 2.24) is 0 Å². The van der Waals surface area contributed by atoms with Gasteiger partial charge in [-0.05, 0) is 131 Å². The van der Waals surface area contributed by atoms with Crippen LogP contribution in [0.15, 0.2) is 123 Å². The molecule has 0 aliphatic heterocycles. The van der Waals surface area contributed by atoms with Crippen LogP contribution in [0.25, 0.3) is 5.57 Å². The third kappa shape index (κ3) is 11.9. The minimum Gasteiger partial charge on any atom is -0.481 e.